The number of carbonyl (C=O) groups excluding carboxylic acids is 1. The molecule has 0 saturated carbocycles. The number of thiophene rings is 1. The molecule has 0 radical (unpaired) electrons. The lowest BCUT2D eigenvalue weighted by Gasteiger charge is -2.12. The molecule has 0 aliphatic carbocycles. The van der Waals surface area contributed by atoms with Crippen molar-refractivity contribution >= 4 is 27.3 Å². The standard InChI is InChI=1S/C15H17NO2S/c1-2-10(17)7-9-3-4-13-12(8-9)11-5-6-16-15(18)14(11)19-13/h3-4,8,10,17H,2,5-7H2,1H3,(H,16,18)/t10-/m1/s1. The minimum Gasteiger partial charge on any atom is -0.393 e. The number of amides is 1. The maximum Gasteiger partial charge on any atom is 0.261 e. The molecule has 4 heteroatoms. The minimum atomic E-state index is -0.282. The molecule has 1 aliphatic heterocycles. The third kappa shape index (κ3) is 2.26. The van der Waals surface area contributed by atoms with E-state index >= 15 is 0 Å². The molecule has 1 atom stereocenters. The quantitative estimate of drug-likeness (QED) is 0.904. The van der Waals surface area contributed by atoms with E-state index in [1.165, 1.54) is 10.9 Å². The largest absolute Gasteiger partial charge is 0.393 e. The van der Waals surface area contributed by atoms with Gasteiger partial charge in [0.2, 0.25) is 0 Å². The van der Waals surface area contributed by atoms with Crippen LogP contribution < -0.4 is 5.32 Å². The predicted octanol–water partition coefficient (Wildman–Crippen LogP) is 2.50. The molecule has 1 aliphatic rings. The highest BCUT2D eigenvalue weighted by atomic mass is 32.1. The number of hydrogen-bond donors (Lipinski definition) is 2. The average molecular weight is 275 g/mol. The zero-order chi connectivity index (χ0) is 13.4. The van der Waals surface area contributed by atoms with E-state index < -0.39 is 0 Å². The van der Waals surface area contributed by atoms with E-state index in [9.17, 15) is 9.90 Å². The normalized spacial score (nSPS) is 16.2. The second-order valence-corrected chi connectivity index (χ2v) is 6.06. The molecule has 2 heterocycles. The molecule has 19 heavy (non-hydrogen) atoms. The lowest BCUT2D eigenvalue weighted by molar-refractivity contribution is 0.0951. The Bertz CT molecular complexity index is 632. The van der Waals surface area contributed by atoms with Crippen LogP contribution in [-0.2, 0) is 12.8 Å². The van der Waals surface area contributed by atoms with Gasteiger partial charge < -0.3 is 10.4 Å². The molecule has 3 rings (SSSR count). The zero-order valence-electron chi connectivity index (χ0n) is 10.9. The number of benzene rings is 1. The third-order valence-electron chi connectivity index (χ3n) is 3.66. The van der Waals surface area contributed by atoms with Crippen molar-refractivity contribution in [1.29, 1.82) is 0 Å². The van der Waals surface area contributed by atoms with Gasteiger partial charge in [0.15, 0.2) is 0 Å². The van der Waals surface area contributed by atoms with Crippen molar-refractivity contribution in [3.63, 3.8) is 0 Å². The van der Waals surface area contributed by atoms with E-state index in [4.69, 9.17) is 0 Å². The van der Waals surface area contributed by atoms with Gasteiger partial charge in [0.25, 0.3) is 5.91 Å². The number of hydrogen-bond acceptors (Lipinski definition) is 3. The molecule has 100 valence electrons. The second kappa shape index (κ2) is 4.94. The van der Waals surface area contributed by atoms with Gasteiger partial charge in [-0.05, 0) is 47.9 Å². The number of aliphatic hydroxyl groups is 1. The maximum absolute atomic E-state index is 11.8. The van der Waals surface area contributed by atoms with Crippen LogP contribution in [0.3, 0.4) is 0 Å². The van der Waals surface area contributed by atoms with Crippen molar-refractivity contribution in [1.82, 2.24) is 5.32 Å². The van der Waals surface area contributed by atoms with Gasteiger partial charge in [-0.3, -0.25) is 4.79 Å². The first kappa shape index (κ1) is 12.6. The fourth-order valence-corrected chi connectivity index (χ4v) is 3.70. The molecule has 1 aromatic carbocycles. The molecule has 1 amide bonds. The van der Waals surface area contributed by atoms with Gasteiger partial charge >= 0.3 is 0 Å². The van der Waals surface area contributed by atoms with Crippen LogP contribution in [0.15, 0.2) is 18.2 Å². The summed E-state index contributed by atoms with van der Waals surface area (Å²) < 4.78 is 1.16. The molecular formula is C15H17NO2S. The van der Waals surface area contributed by atoms with Crippen LogP contribution in [-0.4, -0.2) is 23.7 Å². The van der Waals surface area contributed by atoms with Crippen LogP contribution in [0.1, 0.15) is 34.1 Å². The van der Waals surface area contributed by atoms with Crippen LogP contribution in [0.25, 0.3) is 10.1 Å². The summed E-state index contributed by atoms with van der Waals surface area (Å²) >= 11 is 1.57. The first-order valence-electron chi connectivity index (χ1n) is 6.69. The Morgan fingerprint density at radius 1 is 1.47 bits per heavy atom. The number of fused-ring (bicyclic) bond motifs is 3. The monoisotopic (exact) mass is 275 g/mol. The van der Waals surface area contributed by atoms with Gasteiger partial charge in [0.1, 0.15) is 0 Å². The van der Waals surface area contributed by atoms with Crippen LogP contribution in [0.4, 0.5) is 0 Å². The van der Waals surface area contributed by atoms with Crippen molar-refractivity contribution in [2.45, 2.75) is 32.3 Å². The van der Waals surface area contributed by atoms with Crippen molar-refractivity contribution in [2.24, 2.45) is 0 Å². The molecule has 2 N–H and O–H groups in total. The van der Waals surface area contributed by atoms with Crippen molar-refractivity contribution in [3.05, 3.63) is 34.2 Å². The van der Waals surface area contributed by atoms with E-state index in [1.807, 2.05) is 6.92 Å². The van der Waals surface area contributed by atoms with Crippen LogP contribution in [0, 0.1) is 0 Å². The average Bonchev–Trinajstić information content (AvgIpc) is 2.78. The first-order valence-corrected chi connectivity index (χ1v) is 7.51. The molecule has 0 bridgehead atoms. The van der Waals surface area contributed by atoms with Gasteiger partial charge in [0, 0.05) is 11.2 Å². The van der Waals surface area contributed by atoms with Gasteiger partial charge in [-0.15, -0.1) is 11.3 Å². The van der Waals surface area contributed by atoms with Crippen LogP contribution in [0.2, 0.25) is 0 Å². The predicted molar refractivity (Wildman–Crippen MR) is 77.9 cm³/mol. The molecule has 2 aromatic rings. The summed E-state index contributed by atoms with van der Waals surface area (Å²) in [6.45, 7) is 2.71. The Labute approximate surface area is 116 Å². The molecule has 0 unspecified atom stereocenters. The second-order valence-electron chi connectivity index (χ2n) is 5.01. The van der Waals surface area contributed by atoms with Gasteiger partial charge in [-0.1, -0.05) is 13.0 Å². The Hall–Kier alpha value is -1.39. The van der Waals surface area contributed by atoms with Crippen molar-refractivity contribution in [3.8, 4) is 0 Å². The highest BCUT2D eigenvalue weighted by molar-refractivity contribution is 7.21. The zero-order valence-corrected chi connectivity index (χ0v) is 11.7. The summed E-state index contributed by atoms with van der Waals surface area (Å²) in [7, 11) is 0. The summed E-state index contributed by atoms with van der Waals surface area (Å²) in [5, 5.41) is 13.8. The number of rotatable bonds is 3. The fraction of sp³-hybridized carbons (Fsp3) is 0.400. The summed E-state index contributed by atoms with van der Waals surface area (Å²) in [5.74, 6) is 0.0533. The van der Waals surface area contributed by atoms with E-state index in [0.717, 1.165) is 34.5 Å². The number of carbonyl (C=O) groups is 1. The highest BCUT2D eigenvalue weighted by Crippen LogP contribution is 2.34. The SMILES string of the molecule is CC[C@@H](O)Cc1ccc2sc3c(c2c1)CCNC3=O. The van der Waals surface area contributed by atoms with Gasteiger partial charge in [-0.2, -0.15) is 0 Å². The Morgan fingerprint density at radius 2 is 2.32 bits per heavy atom. The summed E-state index contributed by atoms with van der Waals surface area (Å²) in [6, 6.07) is 6.27. The van der Waals surface area contributed by atoms with Gasteiger partial charge in [-0.25, -0.2) is 0 Å². The molecule has 0 fully saturated rings. The summed E-state index contributed by atoms with van der Waals surface area (Å²) in [4.78, 5) is 12.7. The number of aliphatic hydroxyl groups excluding tert-OH is 1. The Kier molecular flexibility index (Phi) is 3.29. The lowest BCUT2D eigenvalue weighted by atomic mass is 10.00. The maximum atomic E-state index is 11.8. The van der Waals surface area contributed by atoms with Crippen LogP contribution >= 0.6 is 11.3 Å². The van der Waals surface area contributed by atoms with E-state index in [0.29, 0.717) is 6.42 Å². The van der Waals surface area contributed by atoms with E-state index in [-0.39, 0.29) is 12.0 Å². The molecular weight excluding hydrogens is 258 g/mol. The van der Waals surface area contributed by atoms with Gasteiger partial charge in [0.05, 0.1) is 11.0 Å². The van der Waals surface area contributed by atoms with E-state index in [1.54, 1.807) is 11.3 Å². The number of nitrogens with one attached hydrogen (secondary N) is 1. The fourth-order valence-electron chi connectivity index (χ4n) is 2.55. The van der Waals surface area contributed by atoms with Crippen molar-refractivity contribution in [2.75, 3.05) is 6.54 Å². The Morgan fingerprint density at radius 3 is 3.11 bits per heavy atom. The molecule has 3 nitrogen and oxygen atoms in total. The molecule has 1 aromatic heterocycles. The first-order chi connectivity index (χ1) is 9.19. The summed E-state index contributed by atoms with van der Waals surface area (Å²) in [6.07, 6.45) is 2.07. The topological polar surface area (TPSA) is 49.3 Å². The van der Waals surface area contributed by atoms with Crippen LogP contribution in [0.5, 0.6) is 0 Å². The summed E-state index contributed by atoms with van der Waals surface area (Å²) in [5.41, 5.74) is 2.32. The van der Waals surface area contributed by atoms with Crippen molar-refractivity contribution < 1.29 is 9.90 Å². The van der Waals surface area contributed by atoms with E-state index in [2.05, 4.69) is 23.5 Å². The molecule has 0 saturated heterocycles. The third-order valence-corrected chi connectivity index (χ3v) is 4.88. The smallest absolute Gasteiger partial charge is 0.261 e. The molecule has 0 spiro atoms. The lowest BCUT2D eigenvalue weighted by Crippen LogP contribution is -2.30. The minimum absolute atomic E-state index is 0.0533. The highest BCUT2D eigenvalue weighted by Gasteiger charge is 2.22. The Balaban J connectivity index is 2.05.